The predicted molar refractivity (Wildman–Crippen MR) is 62.1 cm³/mol. The summed E-state index contributed by atoms with van der Waals surface area (Å²) in [4.78, 5) is 0. The molecule has 0 aliphatic heterocycles. The summed E-state index contributed by atoms with van der Waals surface area (Å²) < 4.78 is 0. The van der Waals surface area contributed by atoms with Crippen molar-refractivity contribution in [3.05, 3.63) is 34.9 Å². The molecule has 0 spiro atoms. The number of rotatable bonds is 3. The van der Waals surface area contributed by atoms with E-state index in [1.807, 2.05) is 0 Å². The van der Waals surface area contributed by atoms with Crippen LogP contribution in [0.3, 0.4) is 0 Å². The maximum absolute atomic E-state index is 5.90. The average Bonchev–Trinajstić information content (AvgIpc) is 3.00. The van der Waals surface area contributed by atoms with Crippen LogP contribution in [0.2, 0.25) is 0 Å². The van der Waals surface area contributed by atoms with Crippen molar-refractivity contribution in [2.75, 3.05) is 0 Å². The van der Waals surface area contributed by atoms with Gasteiger partial charge in [0, 0.05) is 5.88 Å². The molecule has 0 atom stereocenters. The summed E-state index contributed by atoms with van der Waals surface area (Å²) in [5.74, 6) is 2.08. The van der Waals surface area contributed by atoms with Gasteiger partial charge in [0.05, 0.1) is 0 Å². The summed E-state index contributed by atoms with van der Waals surface area (Å²) >= 11 is 5.90. The molecule has 1 aliphatic carbocycles. The van der Waals surface area contributed by atoms with Crippen LogP contribution in [0.15, 0.2) is 18.2 Å². The molecule has 1 aromatic rings. The maximum atomic E-state index is 5.90. The Hall–Kier alpha value is -0.490. The Balaban J connectivity index is 2.35. The van der Waals surface area contributed by atoms with E-state index >= 15 is 0 Å². The summed E-state index contributed by atoms with van der Waals surface area (Å²) in [5.41, 5.74) is 4.22. The Morgan fingerprint density at radius 2 is 2.00 bits per heavy atom. The fourth-order valence-electron chi connectivity index (χ4n) is 1.81. The number of hydrogen-bond acceptors (Lipinski definition) is 0. The molecule has 76 valence electrons. The Kier molecular flexibility index (Phi) is 2.83. The van der Waals surface area contributed by atoms with Crippen molar-refractivity contribution in [3.8, 4) is 0 Å². The predicted octanol–water partition coefficient (Wildman–Crippen LogP) is 4.43. The van der Waals surface area contributed by atoms with Gasteiger partial charge in [-0.2, -0.15) is 0 Å². The lowest BCUT2D eigenvalue weighted by Gasteiger charge is -2.10. The van der Waals surface area contributed by atoms with Crippen molar-refractivity contribution in [1.82, 2.24) is 0 Å². The first-order valence-corrected chi connectivity index (χ1v) is 5.94. The summed E-state index contributed by atoms with van der Waals surface area (Å²) in [6, 6.07) is 6.87. The molecule has 0 heterocycles. The van der Waals surface area contributed by atoms with Crippen molar-refractivity contribution in [2.45, 2.75) is 44.4 Å². The fourth-order valence-corrected chi connectivity index (χ4v) is 1.96. The van der Waals surface area contributed by atoms with E-state index in [-0.39, 0.29) is 0 Å². The minimum absolute atomic E-state index is 0.607. The van der Waals surface area contributed by atoms with Gasteiger partial charge in [-0.3, -0.25) is 0 Å². The smallest absolute Gasteiger partial charge is 0.0474 e. The van der Waals surface area contributed by atoms with Gasteiger partial charge in [-0.05, 0) is 41.4 Å². The van der Waals surface area contributed by atoms with Gasteiger partial charge in [0.25, 0.3) is 0 Å². The first kappa shape index (κ1) is 10.0. The standard InChI is InChI=1S/C13H17Cl/c1-9(2)12-5-10(8-14)6-13(7-12)11-3-4-11/h5-7,9,11H,3-4,8H2,1-2H3. The summed E-state index contributed by atoms with van der Waals surface area (Å²) in [6.45, 7) is 4.48. The fraction of sp³-hybridized carbons (Fsp3) is 0.538. The van der Waals surface area contributed by atoms with Gasteiger partial charge in [-0.25, -0.2) is 0 Å². The lowest BCUT2D eigenvalue weighted by atomic mass is 9.96. The van der Waals surface area contributed by atoms with E-state index in [1.165, 1.54) is 29.5 Å². The summed E-state index contributed by atoms with van der Waals surface area (Å²) in [6.07, 6.45) is 2.73. The molecule has 0 radical (unpaired) electrons. The molecule has 1 aromatic carbocycles. The Morgan fingerprint density at radius 3 is 2.50 bits per heavy atom. The van der Waals surface area contributed by atoms with Crippen LogP contribution >= 0.6 is 11.6 Å². The quantitative estimate of drug-likeness (QED) is 0.645. The van der Waals surface area contributed by atoms with E-state index in [0.717, 1.165) is 5.92 Å². The van der Waals surface area contributed by atoms with Crippen molar-refractivity contribution in [3.63, 3.8) is 0 Å². The summed E-state index contributed by atoms with van der Waals surface area (Å²) in [5, 5.41) is 0. The van der Waals surface area contributed by atoms with Crippen LogP contribution in [0.25, 0.3) is 0 Å². The van der Waals surface area contributed by atoms with E-state index in [1.54, 1.807) is 0 Å². The first-order chi connectivity index (χ1) is 6.70. The van der Waals surface area contributed by atoms with Crippen LogP contribution in [-0.4, -0.2) is 0 Å². The monoisotopic (exact) mass is 208 g/mol. The first-order valence-electron chi connectivity index (χ1n) is 5.40. The third-order valence-corrected chi connectivity index (χ3v) is 3.22. The minimum atomic E-state index is 0.607. The molecular formula is C13H17Cl. The zero-order valence-corrected chi connectivity index (χ0v) is 9.64. The lowest BCUT2D eigenvalue weighted by Crippen LogP contribution is -1.93. The highest BCUT2D eigenvalue weighted by molar-refractivity contribution is 6.17. The Labute approximate surface area is 91.3 Å². The molecule has 14 heavy (non-hydrogen) atoms. The minimum Gasteiger partial charge on any atom is -0.122 e. The van der Waals surface area contributed by atoms with Crippen LogP contribution in [0.1, 0.15) is 55.2 Å². The van der Waals surface area contributed by atoms with E-state index < -0.39 is 0 Å². The highest BCUT2D eigenvalue weighted by Gasteiger charge is 2.24. The molecule has 0 amide bonds. The molecule has 0 bridgehead atoms. The second-order valence-corrected chi connectivity index (χ2v) is 4.84. The zero-order chi connectivity index (χ0) is 10.1. The normalized spacial score (nSPS) is 16.3. The number of alkyl halides is 1. The van der Waals surface area contributed by atoms with Crippen LogP contribution in [-0.2, 0) is 5.88 Å². The Morgan fingerprint density at radius 1 is 1.29 bits per heavy atom. The second-order valence-electron chi connectivity index (χ2n) is 4.57. The average molecular weight is 209 g/mol. The van der Waals surface area contributed by atoms with E-state index in [4.69, 9.17) is 11.6 Å². The zero-order valence-electron chi connectivity index (χ0n) is 8.89. The lowest BCUT2D eigenvalue weighted by molar-refractivity contribution is 0.859. The van der Waals surface area contributed by atoms with Crippen LogP contribution < -0.4 is 0 Å². The highest BCUT2D eigenvalue weighted by atomic mass is 35.5. The second kappa shape index (κ2) is 3.94. The van der Waals surface area contributed by atoms with E-state index in [2.05, 4.69) is 32.0 Å². The van der Waals surface area contributed by atoms with Crippen molar-refractivity contribution < 1.29 is 0 Å². The molecular weight excluding hydrogens is 192 g/mol. The maximum Gasteiger partial charge on any atom is 0.0474 e. The summed E-state index contributed by atoms with van der Waals surface area (Å²) in [7, 11) is 0. The van der Waals surface area contributed by atoms with Crippen molar-refractivity contribution >= 4 is 11.6 Å². The molecule has 1 saturated carbocycles. The van der Waals surface area contributed by atoms with Gasteiger partial charge < -0.3 is 0 Å². The number of halogens is 1. The SMILES string of the molecule is CC(C)c1cc(CCl)cc(C2CC2)c1. The molecule has 0 N–H and O–H groups in total. The Bertz CT molecular complexity index is 304. The molecule has 0 unspecified atom stereocenters. The number of hydrogen-bond donors (Lipinski definition) is 0. The van der Waals surface area contributed by atoms with Gasteiger partial charge in [-0.15, -0.1) is 11.6 Å². The third-order valence-electron chi connectivity index (χ3n) is 2.91. The molecule has 1 aliphatic rings. The van der Waals surface area contributed by atoms with Crippen LogP contribution in [0, 0.1) is 0 Å². The van der Waals surface area contributed by atoms with E-state index in [0.29, 0.717) is 11.8 Å². The third kappa shape index (κ3) is 2.12. The molecule has 0 aromatic heterocycles. The van der Waals surface area contributed by atoms with Gasteiger partial charge in [0.2, 0.25) is 0 Å². The molecule has 2 rings (SSSR count). The van der Waals surface area contributed by atoms with Gasteiger partial charge >= 0.3 is 0 Å². The molecule has 0 nitrogen and oxygen atoms in total. The van der Waals surface area contributed by atoms with E-state index in [9.17, 15) is 0 Å². The molecule has 1 heteroatoms. The highest BCUT2D eigenvalue weighted by Crippen LogP contribution is 2.41. The van der Waals surface area contributed by atoms with Crippen molar-refractivity contribution in [2.24, 2.45) is 0 Å². The van der Waals surface area contributed by atoms with Gasteiger partial charge in [0.15, 0.2) is 0 Å². The molecule has 0 saturated heterocycles. The molecule has 1 fully saturated rings. The number of benzene rings is 1. The van der Waals surface area contributed by atoms with Gasteiger partial charge in [-0.1, -0.05) is 32.0 Å². The van der Waals surface area contributed by atoms with Crippen LogP contribution in [0.5, 0.6) is 0 Å². The largest absolute Gasteiger partial charge is 0.122 e. The van der Waals surface area contributed by atoms with Gasteiger partial charge in [0.1, 0.15) is 0 Å². The van der Waals surface area contributed by atoms with Crippen LogP contribution in [0.4, 0.5) is 0 Å². The topological polar surface area (TPSA) is 0 Å². The van der Waals surface area contributed by atoms with Crippen molar-refractivity contribution in [1.29, 1.82) is 0 Å².